The molecule has 0 bridgehead atoms. The Kier molecular flexibility index (Phi) is 9.06. The number of aliphatic carboxylic acids is 1. The zero-order valence-electron chi connectivity index (χ0n) is 21.3. The number of carboxylic acid groups (broad SMARTS) is 1. The molecule has 2 heterocycles. The number of nitrogens with zero attached hydrogens (tertiary/aromatic N) is 2. The van der Waals surface area contributed by atoms with E-state index in [9.17, 15) is 27.8 Å². The first kappa shape index (κ1) is 28.7. The van der Waals surface area contributed by atoms with Crippen molar-refractivity contribution >= 4 is 27.9 Å². The molecule has 37 heavy (non-hydrogen) atoms. The summed E-state index contributed by atoms with van der Waals surface area (Å²) in [7, 11) is -3.72. The van der Waals surface area contributed by atoms with Gasteiger partial charge in [0.2, 0.25) is 10.0 Å². The van der Waals surface area contributed by atoms with E-state index in [2.05, 4.69) is 0 Å². The fourth-order valence-electron chi connectivity index (χ4n) is 4.46. The molecule has 0 unspecified atom stereocenters. The van der Waals surface area contributed by atoms with Crippen LogP contribution in [-0.2, 0) is 26.2 Å². The predicted molar refractivity (Wildman–Crippen MR) is 138 cm³/mol. The Balaban J connectivity index is 2.27. The average Bonchev–Trinajstić information content (AvgIpc) is 2.94. The number of aliphatic hydroxyl groups excluding tert-OH is 2. The van der Waals surface area contributed by atoms with Crippen LogP contribution in [0, 0.1) is 5.82 Å². The van der Waals surface area contributed by atoms with Crippen LogP contribution >= 0.6 is 0 Å². The number of ether oxygens (including phenoxy) is 1. The Morgan fingerprint density at radius 3 is 2.49 bits per heavy atom. The standard InChI is InChI=1S/C26H33FN2O7S/c1-15(2)25-21(10-9-19(30)11-20(31)12-23(32)33)24(17-5-7-18(27)8-6-17)22-14-36-13-16(3)29(26(22)28-25)37(4,34)35/h5-10,15-16,19-20,30-31H,11-14H2,1-4H3,(H,32,33)/t16-,19-,20-/m1/s1. The summed E-state index contributed by atoms with van der Waals surface area (Å²) in [5, 5.41) is 29.2. The van der Waals surface area contributed by atoms with Crippen molar-refractivity contribution in [3.8, 4) is 11.1 Å². The fraction of sp³-hybridized carbons (Fsp3) is 0.462. The number of fused-ring (bicyclic) bond motifs is 1. The van der Waals surface area contributed by atoms with Crippen molar-refractivity contribution in [1.82, 2.24) is 4.98 Å². The normalized spacial score (nSPS) is 18.1. The number of benzene rings is 1. The maximum atomic E-state index is 13.8. The number of carboxylic acids is 1. The minimum absolute atomic E-state index is 0.0600. The number of halogens is 1. The van der Waals surface area contributed by atoms with E-state index in [4.69, 9.17) is 14.8 Å². The highest BCUT2D eigenvalue weighted by Gasteiger charge is 2.34. The van der Waals surface area contributed by atoms with Gasteiger partial charge < -0.3 is 20.1 Å². The Hall–Kier alpha value is -2.86. The van der Waals surface area contributed by atoms with Gasteiger partial charge in [0.25, 0.3) is 0 Å². The summed E-state index contributed by atoms with van der Waals surface area (Å²) in [4.78, 5) is 15.6. The van der Waals surface area contributed by atoms with Gasteiger partial charge in [-0.05, 0) is 36.1 Å². The molecule has 3 N–H and O–H groups in total. The van der Waals surface area contributed by atoms with Gasteiger partial charge in [-0.15, -0.1) is 0 Å². The highest BCUT2D eigenvalue weighted by molar-refractivity contribution is 7.92. The van der Waals surface area contributed by atoms with E-state index < -0.39 is 46.5 Å². The molecule has 2 aromatic rings. The van der Waals surface area contributed by atoms with Crippen LogP contribution < -0.4 is 4.31 Å². The van der Waals surface area contributed by atoms with Crippen LogP contribution in [0.4, 0.5) is 10.2 Å². The van der Waals surface area contributed by atoms with Crippen molar-refractivity contribution in [2.24, 2.45) is 0 Å². The van der Waals surface area contributed by atoms with Crippen molar-refractivity contribution in [3.05, 3.63) is 53.0 Å². The second-order valence-electron chi connectivity index (χ2n) is 9.59. The van der Waals surface area contributed by atoms with Crippen LogP contribution in [-0.4, -0.2) is 65.8 Å². The number of rotatable bonds is 9. The summed E-state index contributed by atoms with van der Waals surface area (Å²) < 4.78 is 46.6. The third kappa shape index (κ3) is 6.92. The number of anilines is 1. The molecule has 0 amide bonds. The number of hydrogen-bond donors (Lipinski definition) is 3. The number of aliphatic hydroxyl groups is 2. The molecular weight excluding hydrogens is 503 g/mol. The Morgan fingerprint density at radius 2 is 1.92 bits per heavy atom. The van der Waals surface area contributed by atoms with Gasteiger partial charge in [0.15, 0.2) is 0 Å². The maximum absolute atomic E-state index is 13.8. The molecule has 3 atom stereocenters. The smallest absolute Gasteiger partial charge is 0.305 e. The maximum Gasteiger partial charge on any atom is 0.305 e. The van der Waals surface area contributed by atoms with Gasteiger partial charge >= 0.3 is 5.97 Å². The highest BCUT2D eigenvalue weighted by atomic mass is 32.2. The quantitative estimate of drug-likeness (QED) is 0.444. The summed E-state index contributed by atoms with van der Waals surface area (Å²) in [6.45, 7) is 5.74. The van der Waals surface area contributed by atoms with Gasteiger partial charge in [0.05, 0.1) is 49.8 Å². The van der Waals surface area contributed by atoms with E-state index in [0.717, 1.165) is 6.26 Å². The molecular formula is C26H33FN2O7S. The summed E-state index contributed by atoms with van der Waals surface area (Å²) in [6, 6.07) is 5.26. The molecule has 11 heteroatoms. The third-order valence-corrected chi connectivity index (χ3v) is 7.25. The van der Waals surface area contributed by atoms with Gasteiger partial charge in [-0.1, -0.05) is 38.1 Å². The zero-order valence-corrected chi connectivity index (χ0v) is 22.1. The van der Waals surface area contributed by atoms with Crippen LogP contribution in [0.15, 0.2) is 30.3 Å². The van der Waals surface area contributed by atoms with Gasteiger partial charge in [-0.3, -0.25) is 4.79 Å². The number of aromatic nitrogens is 1. The first-order valence-corrected chi connectivity index (χ1v) is 13.8. The molecule has 1 aliphatic rings. The summed E-state index contributed by atoms with van der Waals surface area (Å²) in [5.41, 5.74) is 2.83. The lowest BCUT2D eigenvalue weighted by Crippen LogP contribution is -2.40. The summed E-state index contributed by atoms with van der Waals surface area (Å²) in [5.74, 6) is -1.54. The predicted octanol–water partition coefficient (Wildman–Crippen LogP) is 3.30. The minimum Gasteiger partial charge on any atom is -0.481 e. The largest absolute Gasteiger partial charge is 0.481 e. The number of carbonyl (C=O) groups is 1. The number of sulfonamides is 1. The van der Waals surface area contributed by atoms with E-state index in [-0.39, 0.29) is 31.4 Å². The molecule has 0 spiro atoms. The number of pyridine rings is 1. The monoisotopic (exact) mass is 536 g/mol. The SMILES string of the molecule is CC(C)c1nc2c(c(-c3ccc(F)cc3)c1C=C[C@@H](O)C[C@@H](O)CC(=O)O)COC[C@@H](C)N2S(C)(=O)=O. The van der Waals surface area contributed by atoms with Crippen molar-refractivity contribution in [3.63, 3.8) is 0 Å². The molecule has 1 aliphatic heterocycles. The van der Waals surface area contributed by atoms with Gasteiger partial charge in [-0.25, -0.2) is 22.1 Å². The van der Waals surface area contributed by atoms with E-state index in [1.165, 1.54) is 22.5 Å². The van der Waals surface area contributed by atoms with Crippen LogP contribution in [0.2, 0.25) is 0 Å². The molecule has 0 radical (unpaired) electrons. The first-order chi connectivity index (χ1) is 17.3. The van der Waals surface area contributed by atoms with Crippen LogP contribution in [0.5, 0.6) is 0 Å². The lowest BCUT2D eigenvalue weighted by molar-refractivity contribution is -0.139. The van der Waals surface area contributed by atoms with Crippen molar-refractivity contribution in [1.29, 1.82) is 0 Å². The molecule has 0 saturated carbocycles. The fourth-order valence-corrected chi connectivity index (χ4v) is 5.64. The van der Waals surface area contributed by atoms with Gasteiger partial charge in [-0.2, -0.15) is 0 Å². The van der Waals surface area contributed by atoms with E-state index in [0.29, 0.717) is 27.9 Å². The summed E-state index contributed by atoms with van der Waals surface area (Å²) >= 11 is 0. The minimum atomic E-state index is -3.72. The van der Waals surface area contributed by atoms with Gasteiger partial charge in [0, 0.05) is 17.5 Å². The molecule has 202 valence electrons. The zero-order chi connectivity index (χ0) is 27.5. The topological polar surface area (TPSA) is 137 Å². The molecule has 1 aromatic heterocycles. The van der Waals surface area contributed by atoms with Crippen molar-refractivity contribution < 1.29 is 37.7 Å². The van der Waals surface area contributed by atoms with Crippen LogP contribution in [0.25, 0.3) is 17.2 Å². The van der Waals surface area contributed by atoms with Crippen molar-refractivity contribution in [2.45, 2.75) is 64.4 Å². The van der Waals surface area contributed by atoms with Crippen molar-refractivity contribution in [2.75, 3.05) is 17.2 Å². The lowest BCUT2D eigenvalue weighted by atomic mass is 9.90. The molecule has 0 fully saturated rings. The van der Waals surface area contributed by atoms with Gasteiger partial charge in [0.1, 0.15) is 11.6 Å². The molecule has 9 nitrogen and oxygen atoms in total. The summed E-state index contributed by atoms with van der Waals surface area (Å²) in [6.07, 6.45) is 1.09. The molecule has 0 saturated heterocycles. The Labute approximate surface area is 216 Å². The molecule has 1 aromatic carbocycles. The second kappa shape index (κ2) is 11.7. The highest BCUT2D eigenvalue weighted by Crippen LogP contribution is 2.41. The molecule has 3 rings (SSSR count). The van der Waals surface area contributed by atoms with E-state index >= 15 is 0 Å². The Bertz CT molecular complexity index is 1260. The lowest BCUT2D eigenvalue weighted by Gasteiger charge is -2.29. The third-order valence-electron chi connectivity index (χ3n) is 6.00. The molecule has 0 aliphatic carbocycles. The van der Waals surface area contributed by atoms with Crippen LogP contribution in [0.1, 0.15) is 56.4 Å². The number of hydrogen-bond acceptors (Lipinski definition) is 7. The second-order valence-corrected chi connectivity index (χ2v) is 11.4. The first-order valence-electron chi connectivity index (χ1n) is 12.0. The Morgan fingerprint density at radius 1 is 1.27 bits per heavy atom. The average molecular weight is 537 g/mol. The van der Waals surface area contributed by atoms with Crippen LogP contribution in [0.3, 0.4) is 0 Å². The van der Waals surface area contributed by atoms with E-state index in [1.54, 1.807) is 25.1 Å². The van der Waals surface area contributed by atoms with E-state index in [1.807, 2.05) is 13.8 Å².